The fraction of sp³-hybridized carbons (Fsp3) is 0.150. The first-order valence-corrected chi connectivity index (χ1v) is 9.54. The maximum Gasteiger partial charge on any atom is 0.328 e. The molecule has 0 aliphatic rings. The fourth-order valence-corrected chi connectivity index (χ4v) is 3.27. The van der Waals surface area contributed by atoms with E-state index in [4.69, 9.17) is 4.74 Å². The largest absolute Gasteiger partial charge is 0.458 e. The number of ether oxygens (including phenoxy) is 1. The minimum Gasteiger partial charge on any atom is -0.458 e. The molecule has 1 atom stereocenters. The van der Waals surface area contributed by atoms with Gasteiger partial charge in [-0.25, -0.2) is 9.78 Å². The van der Waals surface area contributed by atoms with Gasteiger partial charge in [-0.15, -0.1) is 11.3 Å². The van der Waals surface area contributed by atoms with E-state index in [0.717, 1.165) is 16.6 Å². The van der Waals surface area contributed by atoms with E-state index >= 15 is 0 Å². The van der Waals surface area contributed by atoms with Crippen molar-refractivity contribution in [3.63, 3.8) is 0 Å². The number of aromatic nitrogens is 1. The number of nitro groups is 1. The summed E-state index contributed by atoms with van der Waals surface area (Å²) in [6.07, 6.45) is 0. The van der Waals surface area contributed by atoms with E-state index in [1.54, 1.807) is 0 Å². The molecule has 0 spiro atoms. The van der Waals surface area contributed by atoms with Crippen LogP contribution in [0.2, 0.25) is 0 Å². The van der Waals surface area contributed by atoms with Gasteiger partial charge in [-0.1, -0.05) is 36.4 Å². The van der Waals surface area contributed by atoms with E-state index in [1.807, 2.05) is 35.7 Å². The van der Waals surface area contributed by atoms with Crippen LogP contribution in [0.25, 0.3) is 10.6 Å². The molecule has 0 bridgehead atoms. The molecule has 1 N–H and O–H groups in total. The first kappa shape index (κ1) is 20.2. The monoisotopic (exact) mass is 411 g/mol. The van der Waals surface area contributed by atoms with Crippen molar-refractivity contribution >= 4 is 28.9 Å². The Morgan fingerprint density at radius 2 is 1.97 bits per heavy atom. The van der Waals surface area contributed by atoms with Crippen molar-refractivity contribution in [1.82, 2.24) is 10.3 Å². The Morgan fingerprint density at radius 3 is 2.69 bits per heavy atom. The molecule has 148 valence electrons. The van der Waals surface area contributed by atoms with Gasteiger partial charge >= 0.3 is 5.97 Å². The number of benzene rings is 2. The van der Waals surface area contributed by atoms with Crippen LogP contribution in [0.5, 0.6) is 0 Å². The molecule has 0 radical (unpaired) electrons. The number of thiazole rings is 1. The minimum atomic E-state index is -0.922. The second-order valence-corrected chi connectivity index (χ2v) is 6.98. The number of hydrogen-bond donors (Lipinski definition) is 1. The van der Waals surface area contributed by atoms with E-state index < -0.39 is 22.8 Å². The van der Waals surface area contributed by atoms with Crippen molar-refractivity contribution in [1.29, 1.82) is 0 Å². The second-order valence-electron chi connectivity index (χ2n) is 6.12. The summed E-state index contributed by atoms with van der Waals surface area (Å²) in [5.41, 5.74) is 1.48. The summed E-state index contributed by atoms with van der Waals surface area (Å²) in [4.78, 5) is 39.0. The molecular weight excluding hydrogens is 394 g/mol. The first-order valence-electron chi connectivity index (χ1n) is 8.66. The predicted molar refractivity (Wildman–Crippen MR) is 107 cm³/mol. The number of esters is 1. The Kier molecular flexibility index (Phi) is 6.30. The number of amides is 1. The maximum absolute atomic E-state index is 12.2. The lowest BCUT2D eigenvalue weighted by Crippen LogP contribution is -2.39. The van der Waals surface area contributed by atoms with Gasteiger partial charge in [0.15, 0.2) is 0 Å². The van der Waals surface area contributed by atoms with Gasteiger partial charge in [0.25, 0.3) is 11.6 Å². The van der Waals surface area contributed by atoms with Gasteiger partial charge in [0.2, 0.25) is 0 Å². The van der Waals surface area contributed by atoms with Crippen LogP contribution in [-0.2, 0) is 16.1 Å². The van der Waals surface area contributed by atoms with E-state index in [-0.39, 0.29) is 17.9 Å². The van der Waals surface area contributed by atoms with Crippen LogP contribution in [0.4, 0.5) is 5.69 Å². The Morgan fingerprint density at radius 1 is 1.21 bits per heavy atom. The predicted octanol–water partition coefficient (Wildman–Crippen LogP) is 3.58. The summed E-state index contributed by atoms with van der Waals surface area (Å²) in [6.45, 7) is 1.47. The second kappa shape index (κ2) is 9.07. The number of non-ortho nitro benzene ring substituents is 1. The molecule has 3 rings (SSSR count). The van der Waals surface area contributed by atoms with Gasteiger partial charge in [-0.3, -0.25) is 14.9 Å². The molecule has 0 saturated carbocycles. The normalized spacial score (nSPS) is 11.5. The van der Waals surface area contributed by atoms with Crippen LogP contribution in [-0.4, -0.2) is 27.8 Å². The number of nitro benzene ring substituents is 1. The molecule has 1 unspecified atom stereocenters. The Hall–Kier alpha value is -3.59. The third-order valence-corrected chi connectivity index (χ3v) is 4.90. The molecule has 1 aromatic heterocycles. The molecule has 8 nitrogen and oxygen atoms in total. The van der Waals surface area contributed by atoms with E-state index in [1.165, 1.54) is 36.5 Å². The number of hydrogen-bond acceptors (Lipinski definition) is 7. The van der Waals surface area contributed by atoms with Crippen molar-refractivity contribution in [2.75, 3.05) is 0 Å². The number of nitrogens with zero attached hydrogens (tertiary/aromatic N) is 2. The number of carbonyl (C=O) groups is 2. The van der Waals surface area contributed by atoms with Gasteiger partial charge in [0.1, 0.15) is 17.7 Å². The molecule has 0 saturated heterocycles. The van der Waals surface area contributed by atoms with E-state index in [9.17, 15) is 19.7 Å². The summed E-state index contributed by atoms with van der Waals surface area (Å²) in [6, 6.07) is 14.0. The van der Waals surface area contributed by atoms with Crippen LogP contribution in [0.1, 0.15) is 23.0 Å². The van der Waals surface area contributed by atoms with Crippen molar-refractivity contribution in [3.8, 4) is 10.6 Å². The molecule has 0 aliphatic carbocycles. The van der Waals surface area contributed by atoms with Crippen molar-refractivity contribution < 1.29 is 19.2 Å². The van der Waals surface area contributed by atoms with Gasteiger partial charge in [-0.2, -0.15) is 0 Å². The third kappa shape index (κ3) is 5.23. The zero-order chi connectivity index (χ0) is 20.8. The highest BCUT2D eigenvalue weighted by atomic mass is 32.1. The maximum atomic E-state index is 12.2. The van der Waals surface area contributed by atoms with Crippen molar-refractivity contribution in [2.45, 2.75) is 19.6 Å². The van der Waals surface area contributed by atoms with Crippen molar-refractivity contribution in [3.05, 3.63) is 81.3 Å². The average Bonchev–Trinajstić information content (AvgIpc) is 3.21. The quantitative estimate of drug-likeness (QED) is 0.361. The molecule has 29 heavy (non-hydrogen) atoms. The molecule has 0 fully saturated rings. The standard InChI is InChI=1S/C20H17N3O5S/c1-13(21-18(24)15-8-5-9-17(10-15)23(26)27)20(25)28-11-16-12-29-19(22-16)14-6-3-2-4-7-14/h2-10,12-13H,11H2,1H3,(H,21,24). The lowest BCUT2D eigenvalue weighted by atomic mass is 10.2. The van der Waals surface area contributed by atoms with Gasteiger partial charge in [0.05, 0.1) is 10.6 Å². The average molecular weight is 411 g/mol. The van der Waals surface area contributed by atoms with Gasteiger partial charge in [-0.05, 0) is 13.0 Å². The van der Waals surface area contributed by atoms with Crippen LogP contribution in [0.15, 0.2) is 60.0 Å². The first-order chi connectivity index (χ1) is 13.9. The highest BCUT2D eigenvalue weighted by Gasteiger charge is 2.20. The summed E-state index contributed by atoms with van der Waals surface area (Å²) < 4.78 is 5.22. The minimum absolute atomic E-state index is 0.0147. The number of rotatable bonds is 7. The van der Waals surface area contributed by atoms with Crippen molar-refractivity contribution in [2.24, 2.45) is 0 Å². The molecular formula is C20H17N3O5S. The summed E-state index contributed by atoms with van der Waals surface area (Å²) in [5.74, 6) is -1.23. The molecule has 1 heterocycles. The van der Waals surface area contributed by atoms with Crippen LogP contribution in [0.3, 0.4) is 0 Å². The Balaban J connectivity index is 1.54. The van der Waals surface area contributed by atoms with Crippen LogP contribution in [0, 0.1) is 10.1 Å². The number of nitrogens with one attached hydrogen (secondary N) is 1. The smallest absolute Gasteiger partial charge is 0.328 e. The van der Waals surface area contributed by atoms with Crippen LogP contribution >= 0.6 is 11.3 Å². The summed E-state index contributed by atoms with van der Waals surface area (Å²) in [5, 5.41) is 15.9. The number of carbonyl (C=O) groups excluding carboxylic acids is 2. The molecule has 9 heteroatoms. The molecule has 2 aromatic carbocycles. The highest BCUT2D eigenvalue weighted by molar-refractivity contribution is 7.13. The van der Waals surface area contributed by atoms with E-state index in [0.29, 0.717) is 5.69 Å². The van der Waals surface area contributed by atoms with E-state index in [2.05, 4.69) is 10.3 Å². The molecule has 0 aliphatic heterocycles. The zero-order valence-corrected chi connectivity index (χ0v) is 16.2. The van der Waals surface area contributed by atoms with Gasteiger partial charge in [0, 0.05) is 28.6 Å². The highest BCUT2D eigenvalue weighted by Crippen LogP contribution is 2.23. The molecule has 3 aromatic rings. The SMILES string of the molecule is CC(NC(=O)c1cccc([N+](=O)[O-])c1)C(=O)OCc1csc(-c2ccccc2)n1. The topological polar surface area (TPSA) is 111 Å². The zero-order valence-electron chi connectivity index (χ0n) is 15.4. The van der Waals surface area contributed by atoms with Gasteiger partial charge < -0.3 is 10.1 Å². The molecule has 1 amide bonds. The summed E-state index contributed by atoms with van der Waals surface area (Å²) in [7, 11) is 0. The Bertz CT molecular complexity index is 1040. The third-order valence-electron chi connectivity index (χ3n) is 3.96. The summed E-state index contributed by atoms with van der Waals surface area (Å²) >= 11 is 1.45. The van der Waals surface area contributed by atoms with Crippen LogP contribution < -0.4 is 5.32 Å². The lowest BCUT2D eigenvalue weighted by molar-refractivity contribution is -0.384. The fourth-order valence-electron chi connectivity index (χ4n) is 2.46. The lowest BCUT2D eigenvalue weighted by Gasteiger charge is -2.13. The Labute approximate surface area is 170 Å².